The third-order valence-corrected chi connectivity index (χ3v) is 3.83. The molecule has 0 radical (unpaired) electrons. The molecule has 0 spiro atoms. The molecule has 0 saturated heterocycles. The van der Waals surface area contributed by atoms with Crippen LogP contribution in [-0.4, -0.2) is 41.8 Å². The summed E-state index contributed by atoms with van der Waals surface area (Å²) >= 11 is 0. The highest BCUT2D eigenvalue weighted by Gasteiger charge is 2.18. The topological polar surface area (TPSA) is 84.7 Å². The fourth-order valence-electron chi connectivity index (χ4n) is 2.40. The smallest absolute Gasteiger partial charge is 0.413 e. The Kier molecular flexibility index (Phi) is 6.85. The highest BCUT2D eigenvalue weighted by atomic mass is 19.1. The average molecular weight is 363 g/mol. The molecule has 1 heterocycles. The van der Waals surface area contributed by atoms with Gasteiger partial charge in [-0.25, -0.2) is 9.18 Å². The maximum atomic E-state index is 13.1. The van der Waals surface area contributed by atoms with Gasteiger partial charge in [0.1, 0.15) is 11.5 Å². The van der Waals surface area contributed by atoms with Gasteiger partial charge in [0.15, 0.2) is 5.76 Å². The van der Waals surface area contributed by atoms with Gasteiger partial charge in [0, 0.05) is 17.7 Å². The number of carbonyl (C=O) groups is 2. The van der Waals surface area contributed by atoms with E-state index in [1.807, 2.05) is 18.7 Å². The summed E-state index contributed by atoms with van der Waals surface area (Å²) < 4.78 is 23.1. The molecule has 26 heavy (non-hydrogen) atoms. The zero-order valence-corrected chi connectivity index (χ0v) is 15.0. The Labute approximate surface area is 151 Å². The van der Waals surface area contributed by atoms with Crippen LogP contribution in [-0.2, 0) is 16.1 Å². The zero-order valence-electron chi connectivity index (χ0n) is 15.0. The number of ether oxygens (including phenoxy) is 1. The van der Waals surface area contributed by atoms with E-state index in [0.717, 1.165) is 11.1 Å². The second kappa shape index (κ2) is 9.10. The highest BCUT2D eigenvalue weighted by molar-refractivity contribution is 5.92. The van der Waals surface area contributed by atoms with Gasteiger partial charge in [0.05, 0.1) is 13.2 Å². The predicted octanol–water partition coefficient (Wildman–Crippen LogP) is 2.88. The van der Waals surface area contributed by atoms with E-state index in [1.165, 1.54) is 12.1 Å². The Balaban J connectivity index is 2.03. The number of nitrogens with zero attached hydrogens (tertiary/aromatic N) is 2. The molecule has 0 fully saturated rings. The monoisotopic (exact) mass is 363 g/mol. The maximum Gasteiger partial charge on any atom is 0.413 e. The molecule has 0 unspecified atom stereocenters. The molecule has 0 atom stereocenters. The fourth-order valence-corrected chi connectivity index (χ4v) is 2.40. The second-order valence-electron chi connectivity index (χ2n) is 5.66. The first-order valence-electron chi connectivity index (χ1n) is 8.34. The van der Waals surface area contributed by atoms with Crippen molar-refractivity contribution in [3.8, 4) is 11.3 Å². The minimum Gasteiger partial charge on any atom is -0.450 e. The first kappa shape index (κ1) is 19.6. The second-order valence-corrected chi connectivity index (χ2v) is 5.66. The third kappa shape index (κ3) is 5.13. The van der Waals surface area contributed by atoms with Gasteiger partial charge in [-0.1, -0.05) is 12.1 Å². The van der Waals surface area contributed by atoms with E-state index in [2.05, 4.69) is 15.2 Å². The molecular formula is C18H22FN3O4. The Bertz CT molecular complexity index is 758. The minimum absolute atomic E-state index is 0.0213. The van der Waals surface area contributed by atoms with Gasteiger partial charge in [-0.15, -0.1) is 0 Å². The molecule has 140 valence electrons. The number of amides is 2. The molecule has 0 aliphatic carbocycles. The average Bonchev–Trinajstić information content (AvgIpc) is 2.95. The van der Waals surface area contributed by atoms with Crippen LogP contribution < -0.4 is 5.32 Å². The SMILES string of the molecule is CCOC(=O)NC(=O)CN(CC)Cc1noc(-c2ccc(F)cc2)c1C. The molecule has 2 aromatic rings. The quantitative estimate of drug-likeness (QED) is 0.814. The molecule has 2 rings (SSSR count). The van der Waals surface area contributed by atoms with Crippen molar-refractivity contribution in [2.75, 3.05) is 19.7 Å². The van der Waals surface area contributed by atoms with Crippen LogP contribution in [0.1, 0.15) is 25.1 Å². The van der Waals surface area contributed by atoms with E-state index < -0.39 is 12.0 Å². The minimum atomic E-state index is -0.759. The van der Waals surface area contributed by atoms with Gasteiger partial charge >= 0.3 is 6.09 Å². The number of imide groups is 1. The number of halogens is 1. The summed E-state index contributed by atoms with van der Waals surface area (Å²) in [5.41, 5.74) is 2.22. The van der Waals surface area contributed by atoms with Crippen molar-refractivity contribution in [2.24, 2.45) is 0 Å². The van der Waals surface area contributed by atoms with E-state index in [1.54, 1.807) is 19.1 Å². The number of rotatable bonds is 7. The van der Waals surface area contributed by atoms with E-state index in [0.29, 0.717) is 24.5 Å². The van der Waals surface area contributed by atoms with Crippen molar-refractivity contribution in [3.05, 3.63) is 41.3 Å². The molecule has 0 saturated carbocycles. The summed E-state index contributed by atoms with van der Waals surface area (Å²) in [4.78, 5) is 25.0. The number of carbonyl (C=O) groups excluding carboxylic acids is 2. The van der Waals surface area contributed by atoms with E-state index >= 15 is 0 Å². The normalized spacial score (nSPS) is 10.8. The number of nitrogens with one attached hydrogen (secondary N) is 1. The Morgan fingerprint density at radius 3 is 2.58 bits per heavy atom. The van der Waals surface area contributed by atoms with E-state index in [-0.39, 0.29) is 19.0 Å². The van der Waals surface area contributed by atoms with Crippen molar-refractivity contribution >= 4 is 12.0 Å². The summed E-state index contributed by atoms with van der Waals surface area (Å²) in [5.74, 6) is -0.215. The van der Waals surface area contributed by atoms with Gasteiger partial charge < -0.3 is 9.26 Å². The molecule has 1 N–H and O–H groups in total. The Hall–Kier alpha value is -2.74. The number of aromatic nitrogens is 1. The lowest BCUT2D eigenvalue weighted by molar-refractivity contribution is -0.121. The number of alkyl carbamates (subject to hydrolysis) is 1. The number of hydrogen-bond donors (Lipinski definition) is 1. The van der Waals surface area contributed by atoms with Crippen molar-refractivity contribution < 1.29 is 23.2 Å². The van der Waals surface area contributed by atoms with Crippen molar-refractivity contribution in [1.82, 2.24) is 15.4 Å². The first-order chi connectivity index (χ1) is 12.4. The van der Waals surface area contributed by atoms with Crippen LogP contribution in [0, 0.1) is 12.7 Å². The number of benzene rings is 1. The number of hydrogen-bond acceptors (Lipinski definition) is 6. The fraction of sp³-hybridized carbons (Fsp3) is 0.389. The third-order valence-electron chi connectivity index (χ3n) is 3.83. The molecule has 1 aromatic carbocycles. The van der Waals surface area contributed by atoms with Crippen LogP contribution >= 0.6 is 0 Å². The first-order valence-corrected chi connectivity index (χ1v) is 8.34. The van der Waals surface area contributed by atoms with Crippen LogP contribution in [0.25, 0.3) is 11.3 Å². The molecule has 0 aliphatic heterocycles. The molecular weight excluding hydrogens is 341 g/mol. The maximum absolute atomic E-state index is 13.1. The Morgan fingerprint density at radius 1 is 1.27 bits per heavy atom. The lowest BCUT2D eigenvalue weighted by Gasteiger charge is -2.18. The summed E-state index contributed by atoms with van der Waals surface area (Å²) in [6.07, 6.45) is -0.759. The number of likely N-dealkylation sites (N-methyl/N-ethyl adjacent to an activating group) is 1. The highest BCUT2D eigenvalue weighted by Crippen LogP contribution is 2.26. The summed E-state index contributed by atoms with van der Waals surface area (Å²) in [6, 6.07) is 5.96. The zero-order chi connectivity index (χ0) is 19.1. The van der Waals surface area contributed by atoms with Gasteiger partial charge in [-0.05, 0) is 44.7 Å². The van der Waals surface area contributed by atoms with Gasteiger partial charge in [-0.2, -0.15) is 0 Å². The van der Waals surface area contributed by atoms with E-state index in [4.69, 9.17) is 4.52 Å². The summed E-state index contributed by atoms with van der Waals surface area (Å²) in [5, 5.41) is 6.23. The summed E-state index contributed by atoms with van der Waals surface area (Å²) in [6.45, 7) is 6.59. The largest absolute Gasteiger partial charge is 0.450 e. The lowest BCUT2D eigenvalue weighted by atomic mass is 10.1. The van der Waals surface area contributed by atoms with Crippen LogP contribution in [0.2, 0.25) is 0 Å². The van der Waals surface area contributed by atoms with Crippen molar-refractivity contribution in [3.63, 3.8) is 0 Å². The Morgan fingerprint density at radius 2 is 1.96 bits per heavy atom. The van der Waals surface area contributed by atoms with Crippen LogP contribution in [0.5, 0.6) is 0 Å². The molecule has 8 heteroatoms. The van der Waals surface area contributed by atoms with Gasteiger partial charge in [0.25, 0.3) is 0 Å². The standard InChI is InChI=1S/C18H22FN3O4/c1-4-22(11-16(23)20-18(24)25-5-2)10-15-12(3)17(26-21-15)13-6-8-14(19)9-7-13/h6-9H,4-5,10-11H2,1-3H3,(H,20,23,24). The molecule has 1 aromatic heterocycles. The van der Waals surface area contributed by atoms with Gasteiger partial charge in [0.2, 0.25) is 5.91 Å². The molecule has 7 nitrogen and oxygen atoms in total. The molecule has 0 aliphatic rings. The molecule has 2 amide bonds. The van der Waals surface area contributed by atoms with Gasteiger partial charge in [-0.3, -0.25) is 15.0 Å². The van der Waals surface area contributed by atoms with Crippen molar-refractivity contribution in [1.29, 1.82) is 0 Å². The molecule has 0 bridgehead atoms. The lowest BCUT2D eigenvalue weighted by Crippen LogP contribution is -2.40. The predicted molar refractivity (Wildman–Crippen MR) is 92.7 cm³/mol. The van der Waals surface area contributed by atoms with E-state index in [9.17, 15) is 14.0 Å². The van der Waals surface area contributed by atoms with Crippen LogP contribution in [0.4, 0.5) is 9.18 Å². The van der Waals surface area contributed by atoms with Crippen molar-refractivity contribution in [2.45, 2.75) is 27.3 Å². The summed E-state index contributed by atoms with van der Waals surface area (Å²) in [7, 11) is 0. The van der Waals surface area contributed by atoms with Crippen LogP contribution in [0.3, 0.4) is 0 Å². The van der Waals surface area contributed by atoms with Crippen LogP contribution in [0.15, 0.2) is 28.8 Å².